The number of benzene rings is 1. The van der Waals surface area contributed by atoms with Crippen molar-refractivity contribution in [1.82, 2.24) is 4.90 Å². The number of nitrogens with one attached hydrogen (secondary N) is 1. The number of amides is 1. The van der Waals surface area contributed by atoms with Gasteiger partial charge in [0, 0.05) is 43.2 Å². The van der Waals surface area contributed by atoms with Crippen LogP contribution in [-0.2, 0) is 11.2 Å². The van der Waals surface area contributed by atoms with Crippen LogP contribution in [-0.4, -0.2) is 51.1 Å². The fourth-order valence-electron chi connectivity index (χ4n) is 2.96. The van der Waals surface area contributed by atoms with Crippen molar-refractivity contribution in [2.75, 3.05) is 50.6 Å². The molecular formula is C19H25N3O2S. The zero-order valence-electron chi connectivity index (χ0n) is 14.8. The number of piperazine rings is 1. The molecule has 1 fully saturated rings. The van der Waals surface area contributed by atoms with Crippen molar-refractivity contribution < 1.29 is 9.53 Å². The van der Waals surface area contributed by atoms with Gasteiger partial charge in [-0.05, 0) is 43.1 Å². The minimum Gasteiger partial charge on any atom is -0.495 e. The van der Waals surface area contributed by atoms with Crippen LogP contribution in [0.15, 0.2) is 35.7 Å². The summed E-state index contributed by atoms with van der Waals surface area (Å²) in [4.78, 5) is 18.2. The van der Waals surface area contributed by atoms with E-state index >= 15 is 0 Å². The van der Waals surface area contributed by atoms with Crippen LogP contribution in [0.4, 0.5) is 11.4 Å². The number of aryl methyl sites for hydroxylation is 1. The summed E-state index contributed by atoms with van der Waals surface area (Å²) in [6.07, 6.45) is 1.24. The lowest BCUT2D eigenvalue weighted by atomic mass is 10.2. The van der Waals surface area contributed by atoms with Gasteiger partial charge in [0.05, 0.1) is 12.8 Å². The predicted octanol–water partition coefficient (Wildman–Crippen LogP) is 3.08. The molecule has 25 heavy (non-hydrogen) atoms. The average Bonchev–Trinajstić information content (AvgIpc) is 3.14. The van der Waals surface area contributed by atoms with E-state index in [1.807, 2.05) is 23.6 Å². The Bertz CT molecular complexity index is 695. The van der Waals surface area contributed by atoms with E-state index in [1.165, 1.54) is 4.88 Å². The highest BCUT2D eigenvalue weighted by Crippen LogP contribution is 2.30. The lowest BCUT2D eigenvalue weighted by Gasteiger charge is -2.34. The summed E-state index contributed by atoms with van der Waals surface area (Å²) in [5, 5.41) is 5.05. The van der Waals surface area contributed by atoms with Crippen molar-refractivity contribution in [2.24, 2.45) is 0 Å². The highest BCUT2D eigenvalue weighted by atomic mass is 32.1. The molecule has 0 bridgehead atoms. The molecule has 1 aromatic heterocycles. The third kappa shape index (κ3) is 4.74. The lowest BCUT2D eigenvalue weighted by Crippen LogP contribution is -2.44. The first-order valence-corrected chi connectivity index (χ1v) is 9.47. The molecule has 2 aromatic rings. The normalized spacial score (nSPS) is 15.2. The van der Waals surface area contributed by atoms with Crippen LogP contribution in [0.5, 0.6) is 5.75 Å². The van der Waals surface area contributed by atoms with Gasteiger partial charge in [-0.3, -0.25) is 4.79 Å². The van der Waals surface area contributed by atoms with E-state index < -0.39 is 0 Å². The second-order valence-corrected chi connectivity index (χ2v) is 7.33. The van der Waals surface area contributed by atoms with Crippen molar-refractivity contribution in [2.45, 2.75) is 12.8 Å². The number of methoxy groups -OCH3 is 1. The van der Waals surface area contributed by atoms with Gasteiger partial charge in [0.2, 0.25) is 5.91 Å². The molecular weight excluding hydrogens is 334 g/mol. The number of hydrogen-bond acceptors (Lipinski definition) is 5. The number of carbonyl (C=O) groups is 1. The summed E-state index contributed by atoms with van der Waals surface area (Å²) in [7, 11) is 3.77. The zero-order valence-corrected chi connectivity index (χ0v) is 15.6. The topological polar surface area (TPSA) is 44.8 Å². The van der Waals surface area contributed by atoms with Gasteiger partial charge in [-0.15, -0.1) is 11.3 Å². The van der Waals surface area contributed by atoms with Crippen LogP contribution in [0, 0.1) is 0 Å². The third-order valence-corrected chi connectivity index (χ3v) is 5.44. The van der Waals surface area contributed by atoms with Crippen LogP contribution < -0.4 is 15.0 Å². The predicted molar refractivity (Wildman–Crippen MR) is 104 cm³/mol. The van der Waals surface area contributed by atoms with Crippen molar-refractivity contribution in [3.05, 3.63) is 40.6 Å². The van der Waals surface area contributed by atoms with Gasteiger partial charge in [0.25, 0.3) is 0 Å². The molecule has 1 N–H and O–H groups in total. The summed E-state index contributed by atoms with van der Waals surface area (Å²) in [6, 6.07) is 10.1. The first kappa shape index (κ1) is 17.8. The van der Waals surface area contributed by atoms with E-state index in [2.05, 4.69) is 34.3 Å². The summed E-state index contributed by atoms with van der Waals surface area (Å²) in [6.45, 7) is 4.09. The van der Waals surface area contributed by atoms with Crippen molar-refractivity contribution in [3.63, 3.8) is 0 Å². The van der Waals surface area contributed by atoms with Crippen molar-refractivity contribution in [1.29, 1.82) is 0 Å². The Morgan fingerprint density at radius 3 is 2.72 bits per heavy atom. The Labute approximate surface area is 153 Å². The van der Waals surface area contributed by atoms with Crippen molar-refractivity contribution >= 4 is 28.6 Å². The van der Waals surface area contributed by atoms with Gasteiger partial charge in [-0.1, -0.05) is 6.07 Å². The molecule has 2 heterocycles. The van der Waals surface area contributed by atoms with E-state index in [-0.39, 0.29) is 5.91 Å². The molecule has 1 saturated heterocycles. The van der Waals surface area contributed by atoms with Gasteiger partial charge < -0.3 is 19.9 Å². The van der Waals surface area contributed by atoms with Crippen molar-refractivity contribution in [3.8, 4) is 5.75 Å². The highest BCUT2D eigenvalue weighted by molar-refractivity contribution is 7.09. The molecule has 0 atom stereocenters. The molecule has 5 nitrogen and oxygen atoms in total. The largest absolute Gasteiger partial charge is 0.495 e. The summed E-state index contributed by atoms with van der Waals surface area (Å²) in [5.74, 6) is 0.713. The number of nitrogens with zero attached hydrogens (tertiary/aromatic N) is 2. The Hall–Kier alpha value is -2.05. The molecule has 0 saturated carbocycles. The Morgan fingerprint density at radius 2 is 2.04 bits per heavy atom. The Morgan fingerprint density at radius 1 is 1.24 bits per heavy atom. The first-order valence-electron chi connectivity index (χ1n) is 8.59. The Kier molecular flexibility index (Phi) is 5.94. The van der Waals surface area contributed by atoms with Gasteiger partial charge in [-0.25, -0.2) is 0 Å². The van der Waals surface area contributed by atoms with Gasteiger partial charge in [0.1, 0.15) is 5.75 Å². The minimum atomic E-state index is 0.0160. The second-order valence-electron chi connectivity index (χ2n) is 6.30. The van der Waals surface area contributed by atoms with Crippen LogP contribution in [0.1, 0.15) is 11.3 Å². The molecule has 134 valence electrons. The number of rotatable bonds is 6. The van der Waals surface area contributed by atoms with E-state index in [4.69, 9.17) is 4.74 Å². The van der Waals surface area contributed by atoms with Gasteiger partial charge >= 0.3 is 0 Å². The number of carbonyl (C=O) groups excluding carboxylic acids is 1. The zero-order chi connectivity index (χ0) is 17.6. The number of likely N-dealkylation sites (N-methyl/N-ethyl adjacent to an activating group) is 1. The summed E-state index contributed by atoms with van der Waals surface area (Å²) in [5.41, 5.74) is 1.87. The van der Waals surface area contributed by atoms with E-state index in [1.54, 1.807) is 18.4 Å². The lowest BCUT2D eigenvalue weighted by molar-refractivity contribution is -0.116. The van der Waals surface area contributed by atoms with Gasteiger partial charge in [0.15, 0.2) is 0 Å². The number of thiophene rings is 1. The molecule has 1 amide bonds. The maximum Gasteiger partial charge on any atom is 0.224 e. The Balaban J connectivity index is 1.66. The summed E-state index contributed by atoms with van der Waals surface area (Å²) >= 11 is 1.68. The van der Waals surface area contributed by atoms with Crippen LogP contribution in [0.3, 0.4) is 0 Å². The van der Waals surface area contributed by atoms with Crippen LogP contribution in [0.2, 0.25) is 0 Å². The molecule has 0 radical (unpaired) electrons. The average molecular weight is 359 g/mol. The SMILES string of the molecule is COc1ccc(N2CCN(C)CC2)cc1NC(=O)CCc1cccs1. The molecule has 1 aliphatic heterocycles. The molecule has 6 heteroatoms. The van der Waals surface area contributed by atoms with Crippen LogP contribution in [0.25, 0.3) is 0 Å². The number of hydrogen-bond donors (Lipinski definition) is 1. The number of anilines is 2. The van der Waals surface area contributed by atoms with E-state index in [9.17, 15) is 4.79 Å². The fraction of sp³-hybridized carbons (Fsp3) is 0.421. The van der Waals surface area contributed by atoms with Gasteiger partial charge in [-0.2, -0.15) is 0 Å². The molecule has 0 aliphatic carbocycles. The third-order valence-electron chi connectivity index (χ3n) is 4.50. The molecule has 3 rings (SSSR count). The standard InChI is InChI=1S/C19H25N3O2S/c1-21-9-11-22(12-10-21)15-5-7-18(24-2)17(14-15)20-19(23)8-6-16-4-3-13-25-16/h3-5,7,13-14H,6,8-12H2,1-2H3,(H,20,23). The van der Waals surface area contributed by atoms with E-state index in [0.717, 1.165) is 44.0 Å². The fourth-order valence-corrected chi connectivity index (χ4v) is 3.67. The molecule has 1 aromatic carbocycles. The quantitative estimate of drug-likeness (QED) is 0.861. The first-order chi connectivity index (χ1) is 12.2. The molecule has 0 unspecified atom stereocenters. The maximum atomic E-state index is 12.3. The minimum absolute atomic E-state index is 0.0160. The maximum absolute atomic E-state index is 12.3. The number of ether oxygens (including phenoxy) is 1. The van der Waals surface area contributed by atoms with Crippen LogP contribution >= 0.6 is 11.3 Å². The molecule has 0 spiro atoms. The van der Waals surface area contributed by atoms with E-state index in [0.29, 0.717) is 12.2 Å². The highest BCUT2D eigenvalue weighted by Gasteiger charge is 2.16. The second kappa shape index (κ2) is 8.36. The monoisotopic (exact) mass is 359 g/mol. The molecule has 1 aliphatic rings. The summed E-state index contributed by atoms with van der Waals surface area (Å²) < 4.78 is 5.42. The smallest absolute Gasteiger partial charge is 0.224 e.